The van der Waals surface area contributed by atoms with Gasteiger partial charge in [0.1, 0.15) is 11.5 Å². The second-order valence-corrected chi connectivity index (χ2v) is 6.79. The molecule has 0 aliphatic rings. The van der Waals surface area contributed by atoms with Gasteiger partial charge in [-0.2, -0.15) is 0 Å². The molecule has 0 saturated heterocycles. The quantitative estimate of drug-likeness (QED) is 0.348. The summed E-state index contributed by atoms with van der Waals surface area (Å²) >= 11 is 0. The Kier molecular flexibility index (Phi) is 8.10. The second-order valence-electron chi connectivity index (χ2n) is 6.79. The Morgan fingerprint density at radius 3 is 2.23 bits per heavy atom. The lowest BCUT2D eigenvalue weighted by Crippen LogP contribution is -2.07. The molecule has 3 rings (SSSR count). The molecular weight excluding hydrogens is 374 g/mol. The monoisotopic (exact) mass is 401 g/mol. The number of aryl methyl sites for hydroxylation is 1. The van der Waals surface area contributed by atoms with E-state index in [0.29, 0.717) is 13.2 Å². The number of ether oxygens (including phenoxy) is 2. The number of nitrogens with one attached hydrogen (secondary N) is 1. The average Bonchev–Trinajstić information content (AvgIpc) is 2.78. The van der Waals surface area contributed by atoms with E-state index in [2.05, 4.69) is 29.6 Å². The molecule has 3 aromatic rings. The Hall–Kier alpha value is -3.53. The number of anilines is 1. The highest BCUT2D eigenvalue weighted by atomic mass is 16.5. The highest BCUT2D eigenvalue weighted by Gasteiger charge is 2.00. The Morgan fingerprint density at radius 2 is 1.53 bits per heavy atom. The van der Waals surface area contributed by atoms with Gasteiger partial charge in [-0.3, -0.25) is 4.79 Å². The number of hydrogen-bond donors (Lipinski definition) is 1. The maximum Gasteiger partial charge on any atom is 0.248 e. The summed E-state index contributed by atoms with van der Waals surface area (Å²) in [7, 11) is 0. The minimum Gasteiger partial charge on any atom is -0.494 e. The molecule has 0 fully saturated rings. The van der Waals surface area contributed by atoms with Crippen LogP contribution in [0.1, 0.15) is 24.5 Å². The third-order valence-electron chi connectivity index (χ3n) is 4.46. The van der Waals surface area contributed by atoms with E-state index in [4.69, 9.17) is 9.47 Å². The van der Waals surface area contributed by atoms with Gasteiger partial charge >= 0.3 is 0 Å². The number of carbonyl (C=O) groups excluding carboxylic acids is 1. The summed E-state index contributed by atoms with van der Waals surface area (Å²) in [6.45, 7) is 3.24. The summed E-state index contributed by atoms with van der Waals surface area (Å²) in [6.07, 6.45) is 5.24. The molecule has 3 aromatic carbocycles. The van der Waals surface area contributed by atoms with Gasteiger partial charge in [0.05, 0.1) is 13.2 Å². The number of benzene rings is 3. The summed E-state index contributed by atoms with van der Waals surface area (Å²) in [5.41, 5.74) is 2.98. The lowest BCUT2D eigenvalue weighted by molar-refractivity contribution is -0.111. The predicted molar refractivity (Wildman–Crippen MR) is 122 cm³/mol. The molecule has 0 aliphatic carbocycles. The molecule has 1 N–H and O–H groups in total. The molecular formula is C26H27NO3. The van der Waals surface area contributed by atoms with E-state index in [9.17, 15) is 4.79 Å². The Balaban J connectivity index is 1.41. The maximum absolute atomic E-state index is 12.1. The lowest BCUT2D eigenvalue weighted by atomic mass is 10.1. The summed E-state index contributed by atoms with van der Waals surface area (Å²) in [5, 5.41) is 2.85. The van der Waals surface area contributed by atoms with Crippen LogP contribution in [-0.4, -0.2) is 19.1 Å². The van der Waals surface area contributed by atoms with Crippen molar-refractivity contribution in [3.05, 3.63) is 96.1 Å². The topological polar surface area (TPSA) is 47.6 Å². The van der Waals surface area contributed by atoms with Crippen molar-refractivity contribution < 1.29 is 14.3 Å². The lowest BCUT2D eigenvalue weighted by Gasteiger charge is -2.08. The number of rotatable bonds is 10. The molecule has 0 bridgehead atoms. The predicted octanol–water partition coefficient (Wildman–Crippen LogP) is 5.75. The summed E-state index contributed by atoms with van der Waals surface area (Å²) in [4.78, 5) is 12.1. The first-order chi connectivity index (χ1) is 14.7. The van der Waals surface area contributed by atoms with E-state index in [0.717, 1.165) is 35.6 Å². The molecule has 0 aliphatic heterocycles. The molecule has 154 valence electrons. The first kappa shape index (κ1) is 21.2. The van der Waals surface area contributed by atoms with Crippen LogP contribution >= 0.6 is 0 Å². The van der Waals surface area contributed by atoms with E-state index >= 15 is 0 Å². The molecule has 0 aromatic heterocycles. The molecule has 4 nitrogen and oxygen atoms in total. The minimum absolute atomic E-state index is 0.180. The fraction of sp³-hybridized carbons (Fsp3) is 0.192. The number of carbonyl (C=O) groups is 1. The SMILES string of the molecule is CCOc1ccc(/C=C/C(=O)Nc2ccc(OCCCc3ccccc3)cc2)cc1. The second kappa shape index (κ2) is 11.5. The summed E-state index contributed by atoms with van der Waals surface area (Å²) in [5.74, 6) is 1.44. The number of amides is 1. The fourth-order valence-electron chi connectivity index (χ4n) is 2.94. The van der Waals surface area contributed by atoms with E-state index in [1.807, 2.05) is 61.5 Å². The molecule has 30 heavy (non-hydrogen) atoms. The summed E-state index contributed by atoms with van der Waals surface area (Å²) < 4.78 is 11.2. The van der Waals surface area contributed by atoms with Crippen molar-refractivity contribution in [1.29, 1.82) is 0 Å². The summed E-state index contributed by atoms with van der Waals surface area (Å²) in [6, 6.07) is 25.4. The molecule has 0 unspecified atom stereocenters. The normalized spacial score (nSPS) is 10.7. The largest absolute Gasteiger partial charge is 0.494 e. The van der Waals surface area contributed by atoms with E-state index in [1.165, 1.54) is 11.6 Å². The standard InChI is InChI=1S/C26H27NO3/c1-2-29-24-15-10-22(11-16-24)12-19-26(28)27-23-13-17-25(18-14-23)30-20-6-9-21-7-4-3-5-8-21/h3-5,7-8,10-19H,2,6,9,20H2,1H3,(H,27,28)/b19-12+. The molecule has 0 spiro atoms. The van der Waals surface area contributed by atoms with Crippen LogP contribution in [0.3, 0.4) is 0 Å². The maximum atomic E-state index is 12.1. The third kappa shape index (κ3) is 7.13. The van der Waals surface area contributed by atoms with Crippen LogP contribution in [0.25, 0.3) is 6.08 Å². The van der Waals surface area contributed by atoms with Crippen molar-refractivity contribution in [3.63, 3.8) is 0 Å². The van der Waals surface area contributed by atoms with Crippen LogP contribution in [0.15, 0.2) is 84.9 Å². The molecule has 4 heteroatoms. The van der Waals surface area contributed by atoms with E-state index < -0.39 is 0 Å². The van der Waals surface area contributed by atoms with Crippen LogP contribution in [0.2, 0.25) is 0 Å². The highest BCUT2D eigenvalue weighted by Crippen LogP contribution is 2.17. The van der Waals surface area contributed by atoms with Crippen LogP contribution in [0.4, 0.5) is 5.69 Å². The van der Waals surface area contributed by atoms with Gasteiger partial charge in [0, 0.05) is 11.8 Å². The van der Waals surface area contributed by atoms with Crippen molar-refractivity contribution >= 4 is 17.7 Å². The Bertz CT molecular complexity index is 932. The molecule has 1 amide bonds. The first-order valence-electron chi connectivity index (χ1n) is 10.2. The van der Waals surface area contributed by atoms with Gasteiger partial charge in [0.2, 0.25) is 5.91 Å². The van der Waals surface area contributed by atoms with Crippen molar-refractivity contribution in [3.8, 4) is 11.5 Å². The van der Waals surface area contributed by atoms with Crippen molar-refractivity contribution in [1.82, 2.24) is 0 Å². The average molecular weight is 402 g/mol. The fourth-order valence-corrected chi connectivity index (χ4v) is 2.94. The van der Waals surface area contributed by atoms with Gasteiger partial charge in [-0.1, -0.05) is 42.5 Å². The first-order valence-corrected chi connectivity index (χ1v) is 10.2. The van der Waals surface area contributed by atoms with Crippen LogP contribution in [-0.2, 0) is 11.2 Å². The van der Waals surface area contributed by atoms with Crippen molar-refractivity contribution in [2.75, 3.05) is 18.5 Å². The zero-order chi connectivity index (χ0) is 21.0. The Morgan fingerprint density at radius 1 is 0.867 bits per heavy atom. The van der Waals surface area contributed by atoms with Crippen molar-refractivity contribution in [2.45, 2.75) is 19.8 Å². The zero-order valence-corrected chi connectivity index (χ0v) is 17.2. The molecule has 0 atom stereocenters. The van der Waals surface area contributed by atoms with E-state index in [-0.39, 0.29) is 5.91 Å². The van der Waals surface area contributed by atoms with Crippen LogP contribution in [0.5, 0.6) is 11.5 Å². The molecule has 0 saturated carbocycles. The third-order valence-corrected chi connectivity index (χ3v) is 4.46. The van der Waals surface area contributed by atoms with Crippen LogP contribution in [0, 0.1) is 0 Å². The van der Waals surface area contributed by atoms with Gasteiger partial charge < -0.3 is 14.8 Å². The van der Waals surface area contributed by atoms with Gasteiger partial charge in [-0.05, 0) is 73.4 Å². The Labute approximate surface area is 178 Å². The molecule has 0 radical (unpaired) electrons. The highest BCUT2D eigenvalue weighted by molar-refractivity contribution is 6.01. The van der Waals surface area contributed by atoms with Gasteiger partial charge in [-0.25, -0.2) is 0 Å². The van der Waals surface area contributed by atoms with Gasteiger partial charge in [0.15, 0.2) is 0 Å². The minimum atomic E-state index is -0.180. The van der Waals surface area contributed by atoms with Gasteiger partial charge in [0.25, 0.3) is 0 Å². The van der Waals surface area contributed by atoms with Crippen LogP contribution < -0.4 is 14.8 Å². The van der Waals surface area contributed by atoms with Crippen molar-refractivity contribution in [2.24, 2.45) is 0 Å². The smallest absolute Gasteiger partial charge is 0.248 e. The van der Waals surface area contributed by atoms with Gasteiger partial charge in [-0.15, -0.1) is 0 Å². The zero-order valence-electron chi connectivity index (χ0n) is 17.2. The number of hydrogen-bond acceptors (Lipinski definition) is 3. The molecule has 0 heterocycles. The van der Waals surface area contributed by atoms with E-state index in [1.54, 1.807) is 6.08 Å².